The standard InChI is InChI=1S/C40H38O8/c1-27(2)39(41)47-31(23-43-29-15-7-5-8-16-29)25-45-37-33-19-11-13-21-35(33)38(36-22-14-12-20-34(36)37)46-26-32(48-40(42)28(3)4)24-44-30-17-9-6-10-18-30/h5-22,31-32H,1,3,23-26H2,2,4H3. The zero-order valence-electron chi connectivity index (χ0n) is 27.1. The molecule has 0 bridgehead atoms. The van der Waals surface area contributed by atoms with Crippen LogP contribution in [0.1, 0.15) is 13.8 Å². The van der Waals surface area contributed by atoms with Crippen LogP contribution in [-0.2, 0) is 19.1 Å². The maximum Gasteiger partial charge on any atom is 0.333 e. The van der Waals surface area contributed by atoms with Gasteiger partial charge in [0.2, 0.25) is 0 Å². The van der Waals surface area contributed by atoms with Crippen LogP contribution in [0.5, 0.6) is 23.0 Å². The molecule has 0 aliphatic rings. The summed E-state index contributed by atoms with van der Waals surface area (Å²) < 4.78 is 36.2. The van der Waals surface area contributed by atoms with Crippen molar-refractivity contribution in [3.05, 3.63) is 133 Å². The molecule has 0 aliphatic heterocycles. The van der Waals surface area contributed by atoms with Gasteiger partial charge in [-0.15, -0.1) is 0 Å². The second-order valence-corrected chi connectivity index (χ2v) is 11.2. The summed E-state index contributed by atoms with van der Waals surface area (Å²) in [6.45, 7) is 10.8. The van der Waals surface area contributed by atoms with Gasteiger partial charge in [-0.25, -0.2) is 9.59 Å². The predicted octanol–water partition coefficient (Wildman–Crippen LogP) is 7.88. The largest absolute Gasteiger partial charge is 0.490 e. The van der Waals surface area contributed by atoms with Gasteiger partial charge in [0.05, 0.1) is 0 Å². The van der Waals surface area contributed by atoms with Crippen molar-refractivity contribution in [3.8, 4) is 23.0 Å². The summed E-state index contributed by atoms with van der Waals surface area (Å²) in [6, 6.07) is 34.0. The van der Waals surface area contributed by atoms with Crippen LogP contribution in [0.15, 0.2) is 133 Å². The average Bonchev–Trinajstić information content (AvgIpc) is 3.11. The van der Waals surface area contributed by atoms with E-state index < -0.39 is 24.1 Å². The molecular weight excluding hydrogens is 608 g/mol. The molecule has 0 amide bonds. The summed E-state index contributed by atoms with van der Waals surface area (Å²) in [5.74, 6) is 1.43. The molecule has 0 fully saturated rings. The Labute approximate surface area is 280 Å². The van der Waals surface area contributed by atoms with Gasteiger partial charge >= 0.3 is 11.9 Å². The lowest BCUT2D eigenvalue weighted by atomic mass is 10.0. The Hall–Kier alpha value is -5.76. The van der Waals surface area contributed by atoms with Crippen molar-refractivity contribution in [2.45, 2.75) is 26.1 Å². The van der Waals surface area contributed by atoms with Crippen molar-refractivity contribution in [1.29, 1.82) is 0 Å². The highest BCUT2D eigenvalue weighted by Crippen LogP contribution is 2.43. The van der Waals surface area contributed by atoms with Gasteiger partial charge in [0.15, 0.2) is 12.2 Å². The van der Waals surface area contributed by atoms with Crippen molar-refractivity contribution in [2.75, 3.05) is 26.4 Å². The second kappa shape index (κ2) is 16.2. The molecule has 0 saturated carbocycles. The van der Waals surface area contributed by atoms with Crippen LogP contribution in [0.2, 0.25) is 0 Å². The molecule has 5 aromatic carbocycles. The normalized spacial score (nSPS) is 12.0. The smallest absolute Gasteiger partial charge is 0.333 e. The lowest BCUT2D eigenvalue weighted by molar-refractivity contribution is -0.148. The topological polar surface area (TPSA) is 89.5 Å². The van der Waals surface area contributed by atoms with Crippen LogP contribution in [-0.4, -0.2) is 50.6 Å². The van der Waals surface area contributed by atoms with Gasteiger partial charge < -0.3 is 28.4 Å². The van der Waals surface area contributed by atoms with Gasteiger partial charge in [-0.3, -0.25) is 0 Å². The highest BCUT2D eigenvalue weighted by molar-refractivity contribution is 6.11. The van der Waals surface area contributed by atoms with Gasteiger partial charge in [-0.05, 0) is 38.1 Å². The van der Waals surface area contributed by atoms with Crippen molar-refractivity contribution >= 4 is 33.5 Å². The number of hydrogen-bond donors (Lipinski definition) is 0. The molecular formula is C40H38O8. The molecule has 8 heteroatoms. The highest BCUT2D eigenvalue weighted by atomic mass is 16.6. The van der Waals surface area contributed by atoms with Crippen LogP contribution in [0.25, 0.3) is 21.5 Å². The Kier molecular flexibility index (Phi) is 11.3. The Bertz CT molecular complexity index is 1690. The molecule has 48 heavy (non-hydrogen) atoms. The molecule has 0 N–H and O–H groups in total. The minimum Gasteiger partial charge on any atom is -0.490 e. The lowest BCUT2D eigenvalue weighted by Crippen LogP contribution is -2.31. The zero-order valence-corrected chi connectivity index (χ0v) is 27.1. The molecule has 0 heterocycles. The zero-order chi connectivity index (χ0) is 33.9. The average molecular weight is 647 g/mol. The fourth-order valence-electron chi connectivity index (χ4n) is 4.86. The number of para-hydroxylation sites is 2. The molecule has 8 nitrogen and oxygen atoms in total. The number of carbonyl (C=O) groups excluding carboxylic acids is 2. The molecule has 5 rings (SSSR count). The summed E-state index contributed by atoms with van der Waals surface area (Å²) in [5.41, 5.74) is 0.553. The van der Waals surface area contributed by atoms with Crippen LogP contribution in [0, 0.1) is 0 Å². The van der Waals surface area contributed by atoms with Crippen LogP contribution < -0.4 is 18.9 Å². The van der Waals surface area contributed by atoms with E-state index >= 15 is 0 Å². The molecule has 2 unspecified atom stereocenters. The number of esters is 2. The predicted molar refractivity (Wildman–Crippen MR) is 186 cm³/mol. The summed E-state index contributed by atoms with van der Waals surface area (Å²) in [4.78, 5) is 25.0. The molecule has 0 saturated heterocycles. The number of rotatable bonds is 16. The van der Waals surface area contributed by atoms with E-state index in [0.717, 1.165) is 21.5 Å². The summed E-state index contributed by atoms with van der Waals surface area (Å²) in [6.07, 6.45) is -1.45. The first-order valence-electron chi connectivity index (χ1n) is 15.6. The van der Waals surface area contributed by atoms with E-state index in [-0.39, 0.29) is 37.6 Å². The number of hydrogen-bond acceptors (Lipinski definition) is 8. The number of benzene rings is 5. The molecule has 2 atom stereocenters. The van der Waals surface area contributed by atoms with E-state index in [9.17, 15) is 9.59 Å². The maximum atomic E-state index is 12.5. The Morgan fingerprint density at radius 2 is 0.771 bits per heavy atom. The molecule has 0 spiro atoms. The van der Waals surface area contributed by atoms with Gasteiger partial charge in [0, 0.05) is 32.7 Å². The highest BCUT2D eigenvalue weighted by Gasteiger charge is 2.23. The molecule has 5 aromatic rings. The van der Waals surface area contributed by atoms with E-state index in [4.69, 9.17) is 28.4 Å². The van der Waals surface area contributed by atoms with Crippen molar-refractivity contribution in [2.24, 2.45) is 0 Å². The Balaban J connectivity index is 1.42. The first kappa shape index (κ1) is 33.6. The van der Waals surface area contributed by atoms with Gasteiger partial charge in [-0.2, -0.15) is 0 Å². The van der Waals surface area contributed by atoms with Crippen LogP contribution in [0.4, 0.5) is 0 Å². The van der Waals surface area contributed by atoms with E-state index in [1.165, 1.54) is 0 Å². The summed E-state index contributed by atoms with van der Waals surface area (Å²) >= 11 is 0. The minimum absolute atomic E-state index is 0.0236. The van der Waals surface area contributed by atoms with Gasteiger partial charge in [-0.1, -0.05) is 98.1 Å². The first-order chi connectivity index (χ1) is 23.3. The monoisotopic (exact) mass is 646 g/mol. The summed E-state index contributed by atoms with van der Waals surface area (Å²) in [7, 11) is 0. The van der Waals surface area contributed by atoms with E-state index in [2.05, 4.69) is 13.2 Å². The Morgan fingerprint density at radius 3 is 1.08 bits per heavy atom. The second-order valence-electron chi connectivity index (χ2n) is 11.2. The quantitative estimate of drug-likeness (QED) is 0.0608. The number of ether oxygens (including phenoxy) is 6. The SMILES string of the molecule is C=C(C)C(=O)OC(COc1ccccc1)COc1c2ccccc2c(OCC(COc2ccccc2)OC(=O)C(=C)C)c2ccccc12. The van der Waals surface area contributed by atoms with Crippen molar-refractivity contribution < 1.29 is 38.0 Å². The van der Waals surface area contributed by atoms with E-state index in [0.29, 0.717) is 23.0 Å². The lowest BCUT2D eigenvalue weighted by Gasteiger charge is -2.23. The third-order valence-electron chi connectivity index (χ3n) is 7.26. The van der Waals surface area contributed by atoms with E-state index in [1.54, 1.807) is 13.8 Å². The van der Waals surface area contributed by atoms with E-state index in [1.807, 2.05) is 109 Å². The minimum atomic E-state index is -0.726. The first-order valence-corrected chi connectivity index (χ1v) is 15.6. The van der Waals surface area contributed by atoms with Crippen molar-refractivity contribution in [3.63, 3.8) is 0 Å². The molecule has 0 radical (unpaired) electrons. The molecule has 246 valence electrons. The fourth-order valence-corrected chi connectivity index (χ4v) is 4.86. The van der Waals surface area contributed by atoms with Gasteiger partial charge in [0.25, 0.3) is 0 Å². The number of fused-ring (bicyclic) bond motifs is 2. The maximum absolute atomic E-state index is 12.5. The van der Waals surface area contributed by atoms with Gasteiger partial charge in [0.1, 0.15) is 49.4 Å². The molecule has 0 aromatic heterocycles. The van der Waals surface area contributed by atoms with Crippen LogP contribution >= 0.6 is 0 Å². The third kappa shape index (κ3) is 8.73. The molecule has 0 aliphatic carbocycles. The third-order valence-corrected chi connectivity index (χ3v) is 7.26. The summed E-state index contributed by atoms with van der Waals surface area (Å²) in [5, 5.41) is 3.15. The van der Waals surface area contributed by atoms with Crippen molar-refractivity contribution in [1.82, 2.24) is 0 Å². The van der Waals surface area contributed by atoms with Crippen LogP contribution in [0.3, 0.4) is 0 Å². The fraction of sp³-hybridized carbons (Fsp3) is 0.200. The Morgan fingerprint density at radius 1 is 0.479 bits per heavy atom. The number of carbonyl (C=O) groups is 2.